The number of phosphoric ester groups is 3. The molecule has 2 aromatic rings. The van der Waals surface area contributed by atoms with Crippen LogP contribution in [-0.4, -0.2) is 136 Å². The van der Waals surface area contributed by atoms with Gasteiger partial charge < -0.3 is 55.6 Å². The summed E-state index contributed by atoms with van der Waals surface area (Å²) in [4.78, 5) is 98.4. The fourth-order valence-corrected chi connectivity index (χ4v) is 8.40. The maximum atomic E-state index is 12.7. The Morgan fingerprint density at radius 3 is 2.37 bits per heavy atom. The minimum atomic E-state index is -5.58. The number of ether oxygens (including phenoxy) is 2. The first kappa shape index (κ1) is 48.4. The molecule has 1 aliphatic heterocycles. The Bertz CT molecular complexity index is 1880. The average molecular weight is 896 g/mol. The molecule has 1 fully saturated rings. The molecule has 0 aliphatic carbocycles. The summed E-state index contributed by atoms with van der Waals surface area (Å²) in [6.45, 7) is 0.336. The van der Waals surface area contributed by atoms with Crippen molar-refractivity contribution in [3.63, 3.8) is 0 Å². The third-order valence-corrected chi connectivity index (χ3v) is 11.8. The lowest BCUT2D eigenvalue weighted by molar-refractivity contribution is -0.140. The zero-order valence-corrected chi connectivity index (χ0v) is 34.0. The lowest BCUT2D eigenvalue weighted by atomic mass is 9.87. The quantitative estimate of drug-likeness (QED) is 0.0367. The Labute approximate surface area is 328 Å². The molecule has 10 N–H and O–H groups in total. The molecule has 2 amide bonds. The number of nitrogens with one attached hydrogen (secondary N) is 2. The molecule has 30 heteroatoms. The van der Waals surface area contributed by atoms with Crippen LogP contribution in [0.4, 0.5) is 5.82 Å². The van der Waals surface area contributed by atoms with Crippen LogP contribution in [0, 0.1) is 5.41 Å². The first-order valence-corrected chi connectivity index (χ1v) is 22.1. The molecule has 3 heterocycles. The minimum absolute atomic E-state index is 0.0234. The monoisotopic (exact) mass is 895 g/mol. The number of fused-ring (bicyclic) bond motifs is 1. The summed E-state index contributed by atoms with van der Waals surface area (Å²) >= 11 is 0.977. The number of methoxy groups -OCH3 is 1. The summed E-state index contributed by atoms with van der Waals surface area (Å²) in [6, 6.07) is 0. The first-order valence-electron chi connectivity index (χ1n) is 16.6. The van der Waals surface area contributed by atoms with Crippen LogP contribution in [0.1, 0.15) is 45.8 Å². The van der Waals surface area contributed by atoms with Crippen LogP contribution in [0.25, 0.3) is 11.2 Å². The van der Waals surface area contributed by atoms with Crippen molar-refractivity contribution >= 4 is 75.1 Å². The predicted molar refractivity (Wildman–Crippen MR) is 193 cm³/mol. The van der Waals surface area contributed by atoms with Gasteiger partial charge in [0.2, 0.25) is 11.8 Å². The zero-order valence-electron chi connectivity index (χ0n) is 30.5. The minimum Gasteiger partial charge on any atom is -0.469 e. The molecule has 7 atom stereocenters. The smallest absolute Gasteiger partial charge is 0.469 e. The van der Waals surface area contributed by atoms with E-state index in [1.165, 1.54) is 21.0 Å². The summed E-state index contributed by atoms with van der Waals surface area (Å²) in [7, 11) is -15.2. The molecule has 1 saturated heterocycles. The molecule has 0 bridgehead atoms. The summed E-state index contributed by atoms with van der Waals surface area (Å²) < 4.78 is 66.5. The van der Waals surface area contributed by atoms with Crippen LogP contribution >= 0.6 is 35.2 Å². The number of nitrogen functional groups attached to an aromatic ring is 1. The molecule has 2 unspecified atom stereocenters. The second kappa shape index (κ2) is 20.8. The number of nitrogens with two attached hydrogens (primary N) is 1. The van der Waals surface area contributed by atoms with E-state index in [4.69, 9.17) is 19.5 Å². The van der Waals surface area contributed by atoms with Gasteiger partial charge in [-0.15, -0.1) is 0 Å². The number of esters is 1. The van der Waals surface area contributed by atoms with Crippen molar-refractivity contribution in [2.45, 2.75) is 70.2 Å². The largest absolute Gasteiger partial charge is 0.481 e. The molecule has 0 spiro atoms. The number of aliphatic hydroxyl groups excluding tert-OH is 2. The molecule has 57 heavy (non-hydrogen) atoms. The van der Waals surface area contributed by atoms with Crippen molar-refractivity contribution in [1.82, 2.24) is 30.2 Å². The maximum Gasteiger partial charge on any atom is 0.481 e. The highest BCUT2D eigenvalue weighted by molar-refractivity contribution is 8.13. The summed E-state index contributed by atoms with van der Waals surface area (Å²) in [6.07, 6.45) is -6.41. The van der Waals surface area contributed by atoms with Crippen molar-refractivity contribution in [3.05, 3.63) is 12.7 Å². The third-order valence-electron chi connectivity index (χ3n) is 7.75. The van der Waals surface area contributed by atoms with Crippen molar-refractivity contribution in [1.29, 1.82) is 0 Å². The topological polar surface area (TPSA) is 390 Å². The SMILES string of the molecule is COC(=O)CCCC(=O)SCCNC(=O)CCNC(=O)[C@H](O)C(C)(C)COP(=O)(O)OP(=O)(O)OC[C@H]1O[C@@H](n2cnc3c(N)ncnc32)[C@H](O)[C@@H]1OP(=O)(O)O. The van der Waals surface area contributed by atoms with E-state index >= 15 is 0 Å². The van der Waals surface area contributed by atoms with Crippen molar-refractivity contribution in [3.8, 4) is 0 Å². The van der Waals surface area contributed by atoms with E-state index in [9.17, 15) is 62.7 Å². The molecular weight excluding hydrogens is 851 g/mol. The first-order chi connectivity index (χ1) is 26.4. The number of aromatic nitrogens is 4. The van der Waals surface area contributed by atoms with E-state index in [0.29, 0.717) is 6.42 Å². The van der Waals surface area contributed by atoms with Crippen LogP contribution in [0.5, 0.6) is 0 Å². The molecule has 1 aliphatic rings. The lowest BCUT2D eigenvalue weighted by Gasteiger charge is -2.30. The van der Waals surface area contributed by atoms with Crippen LogP contribution in [0.2, 0.25) is 0 Å². The fourth-order valence-electron chi connectivity index (χ4n) is 4.85. The van der Waals surface area contributed by atoms with Gasteiger partial charge in [0.1, 0.15) is 36.3 Å². The second-order valence-corrected chi connectivity index (χ2v) is 18.1. The van der Waals surface area contributed by atoms with Gasteiger partial charge in [-0.25, -0.2) is 28.6 Å². The van der Waals surface area contributed by atoms with Crippen molar-refractivity contribution < 1.29 is 90.0 Å². The molecule has 0 radical (unpaired) electrons. The van der Waals surface area contributed by atoms with E-state index < -0.39 is 90.5 Å². The van der Waals surface area contributed by atoms with Gasteiger partial charge >= 0.3 is 29.4 Å². The highest BCUT2D eigenvalue weighted by atomic mass is 32.2. The number of carbonyl (C=O) groups is 4. The maximum absolute atomic E-state index is 12.7. The molecule has 0 saturated carbocycles. The number of thioether (sulfide) groups is 1. The molecule has 0 aromatic carbocycles. The number of hydrogen-bond acceptors (Lipinski definition) is 20. The number of rotatable bonds is 23. The number of amides is 2. The van der Waals surface area contributed by atoms with Gasteiger partial charge in [0, 0.05) is 43.5 Å². The molecule has 3 rings (SSSR count). The van der Waals surface area contributed by atoms with Crippen molar-refractivity contribution in [2.24, 2.45) is 5.41 Å². The van der Waals surface area contributed by atoms with E-state index in [1.54, 1.807) is 0 Å². The average Bonchev–Trinajstić information content (AvgIpc) is 3.68. The van der Waals surface area contributed by atoms with Crippen LogP contribution in [-0.2, 0) is 60.2 Å². The van der Waals surface area contributed by atoms with Gasteiger partial charge in [0.25, 0.3) is 0 Å². The normalized spacial score (nSPS) is 21.4. The molecule has 322 valence electrons. The van der Waals surface area contributed by atoms with E-state index in [2.05, 4.69) is 39.2 Å². The number of aliphatic hydroxyl groups is 2. The Kier molecular flexibility index (Phi) is 17.7. The van der Waals surface area contributed by atoms with Gasteiger partial charge in [0.15, 0.2) is 22.8 Å². The second-order valence-electron chi connectivity index (χ2n) is 12.7. The highest BCUT2D eigenvalue weighted by Crippen LogP contribution is 2.61. The number of nitrogens with zero attached hydrogens (tertiary/aromatic N) is 4. The Morgan fingerprint density at radius 1 is 1.02 bits per heavy atom. The predicted octanol–water partition coefficient (Wildman–Crippen LogP) is -0.992. The Balaban J connectivity index is 1.46. The number of carbonyl (C=O) groups excluding carboxylic acids is 4. The number of phosphoric acid groups is 3. The van der Waals surface area contributed by atoms with Gasteiger partial charge in [0.05, 0.1) is 26.7 Å². The molecule has 2 aromatic heterocycles. The van der Waals surface area contributed by atoms with Gasteiger partial charge in [-0.3, -0.25) is 37.3 Å². The zero-order chi connectivity index (χ0) is 42.8. The number of imidazole rings is 1. The van der Waals surface area contributed by atoms with Gasteiger partial charge in [-0.2, -0.15) is 4.31 Å². The Hall–Kier alpha value is -2.97. The van der Waals surface area contributed by atoms with E-state index in [-0.39, 0.29) is 60.2 Å². The van der Waals surface area contributed by atoms with Gasteiger partial charge in [-0.1, -0.05) is 25.6 Å². The third kappa shape index (κ3) is 15.3. The lowest BCUT2D eigenvalue weighted by Crippen LogP contribution is -2.46. The number of anilines is 1. The summed E-state index contributed by atoms with van der Waals surface area (Å²) in [5.41, 5.74) is 4.22. The van der Waals surface area contributed by atoms with Gasteiger partial charge in [-0.05, 0) is 6.42 Å². The molecular formula is C27H44N7O19P3S. The van der Waals surface area contributed by atoms with Crippen LogP contribution in [0.15, 0.2) is 12.7 Å². The van der Waals surface area contributed by atoms with Crippen LogP contribution in [0.3, 0.4) is 0 Å². The summed E-state index contributed by atoms with van der Waals surface area (Å²) in [5.74, 6) is -1.68. The summed E-state index contributed by atoms with van der Waals surface area (Å²) in [5, 5.41) is 26.1. The number of hydrogen-bond donors (Lipinski definition) is 9. The van der Waals surface area contributed by atoms with Crippen molar-refractivity contribution in [2.75, 3.05) is 44.9 Å². The standard InChI is InChI=1S/C27H44N7O19P3S/c1-27(2,22(39)25(40)30-8-7-16(35)29-9-10-57-18(37)6-4-5-17(36)48-3)12-50-56(46,47)53-55(44,45)49-11-15-21(52-54(41,42)43)20(38)26(51-15)34-14-33-19-23(28)31-13-32-24(19)34/h13-15,20-22,26,38-39H,4-12H2,1-3H3,(H,29,35)(H,30,40)(H,44,45)(H,46,47)(H2,28,31,32)(H2,41,42,43)/t15-,20-,21-,22+,26-/m1/s1. The molecule has 26 nitrogen and oxygen atoms in total. The van der Waals surface area contributed by atoms with Crippen LogP contribution < -0.4 is 16.4 Å². The fraction of sp³-hybridized carbons (Fsp3) is 0.667. The Morgan fingerprint density at radius 2 is 1.70 bits per heavy atom. The van der Waals surface area contributed by atoms with E-state index in [0.717, 1.165) is 29.0 Å². The highest BCUT2D eigenvalue weighted by Gasteiger charge is 2.50. The van der Waals surface area contributed by atoms with E-state index in [1.807, 2.05) is 0 Å².